The van der Waals surface area contributed by atoms with Crippen LogP contribution in [-0.4, -0.2) is 0 Å². The van der Waals surface area contributed by atoms with E-state index in [1.807, 2.05) is 10.6 Å². The average molecular weight is 191 g/mol. The highest BCUT2D eigenvalue weighted by Gasteiger charge is 2.29. The quantitative estimate of drug-likeness (QED) is 0.589. The molecule has 0 radical (unpaired) electrons. The van der Waals surface area contributed by atoms with Gasteiger partial charge in [0, 0.05) is 12.8 Å². The average Bonchev–Trinajstić information content (AvgIpc) is 2.71. The Hall–Kier alpha value is -0.350. The highest BCUT2D eigenvalue weighted by atomic mass is 31.1. The van der Waals surface area contributed by atoms with Crippen LogP contribution in [0, 0.1) is 0 Å². The van der Waals surface area contributed by atoms with Crippen molar-refractivity contribution in [2.45, 2.75) is 38.5 Å². The summed E-state index contributed by atoms with van der Waals surface area (Å²) in [4.78, 5) is 0. The predicted molar refractivity (Wildman–Crippen MR) is 58.6 cm³/mol. The third-order valence-corrected chi connectivity index (χ3v) is 6.26. The molecule has 0 aliphatic heterocycles. The van der Waals surface area contributed by atoms with Gasteiger partial charge < -0.3 is 0 Å². The molecular formula is C12H16P+. The molecule has 68 valence electrons. The molecule has 0 saturated carbocycles. The van der Waals surface area contributed by atoms with Gasteiger partial charge in [0.15, 0.2) is 0 Å². The fourth-order valence-electron chi connectivity index (χ4n) is 2.95. The molecule has 1 aromatic rings. The Bertz CT molecular complexity index is 334. The van der Waals surface area contributed by atoms with E-state index in [0.717, 1.165) is 0 Å². The van der Waals surface area contributed by atoms with Crippen molar-refractivity contribution in [3.05, 3.63) is 27.8 Å². The van der Waals surface area contributed by atoms with Gasteiger partial charge in [-0.25, -0.2) is 0 Å². The van der Waals surface area contributed by atoms with Crippen LogP contribution in [-0.2, 0) is 32.3 Å². The van der Waals surface area contributed by atoms with Crippen LogP contribution in [0.1, 0.15) is 34.6 Å². The largest absolute Gasteiger partial charge is 0.128 e. The van der Waals surface area contributed by atoms with Crippen LogP contribution >= 0.6 is 7.53 Å². The van der Waals surface area contributed by atoms with E-state index in [9.17, 15) is 0 Å². The minimum absolute atomic E-state index is 0.156. The molecular weight excluding hydrogens is 175 g/mol. The van der Waals surface area contributed by atoms with Gasteiger partial charge in [-0.2, -0.15) is 0 Å². The van der Waals surface area contributed by atoms with Crippen LogP contribution < -0.4 is 0 Å². The lowest BCUT2D eigenvalue weighted by Crippen LogP contribution is -1.87. The molecule has 0 spiro atoms. The van der Waals surface area contributed by atoms with Gasteiger partial charge in [-0.15, -0.1) is 0 Å². The first kappa shape index (κ1) is 8.00. The first-order valence-corrected chi connectivity index (χ1v) is 7.17. The smallest absolute Gasteiger partial charge is 0.0477 e. The van der Waals surface area contributed by atoms with E-state index < -0.39 is 0 Å². The molecule has 2 aliphatic rings. The molecule has 1 aromatic heterocycles. The maximum atomic E-state index is 2.53. The summed E-state index contributed by atoms with van der Waals surface area (Å²) in [7, 11) is 0.156. The van der Waals surface area contributed by atoms with Crippen molar-refractivity contribution in [2.75, 3.05) is 0 Å². The summed E-state index contributed by atoms with van der Waals surface area (Å²) in [5, 5.41) is 3.69. The lowest BCUT2D eigenvalue weighted by atomic mass is 10.2. The molecule has 0 atom stereocenters. The summed E-state index contributed by atoms with van der Waals surface area (Å²) in [6, 6.07) is 2.53. The van der Waals surface area contributed by atoms with Crippen molar-refractivity contribution in [3.63, 3.8) is 0 Å². The van der Waals surface area contributed by atoms with Crippen LogP contribution in [0.5, 0.6) is 0 Å². The van der Waals surface area contributed by atoms with E-state index in [1.54, 1.807) is 11.1 Å². The molecule has 0 amide bonds. The number of hydrogen-bond acceptors (Lipinski definition) is 0. The van der Waals surface area contributed by atoms with Crippen LogP contribution in [0.4, 0.5) is 0 Å². The van der Waals surface area contributed by atoms with Crippen molar-refractivity contribution >= 4 is 7.53 Å². The van der Waals surface area contributed by atoms with Crippen molar-refractivity contribution in [1.82, 2.24) is 0 Å². The Labute approximate surface area is 81.1 Å². The fraction of sp³-hybridized carbons (Fsp3) is 0.583. The fourth-order valence-corrected chi connectivity index (χ4v) is 5.48. The highest BCUT2D eigenvalue weighted by molar-refractivity contribution is 7.49. The lowest BCUT2D eigenvalue weighted by Gasteiger charge is -2.00. The third kappa shape index (κ3) is 1.08. The molecule has 0 unspecified atom stereocenters. The Morgan fingerprint density at radius 2 is 1.46 bits per heavy atom. The summed E-state index contributed by atoms with van der Waals surface area (Å²) >= 11 is 0. The second kappa shape index (κ2) is 2.82. The molecule has 3 rings (SSSR count). The van der Waals surface area contributed by atoms with Crippen LogP contribution in [0.15, 0.2) is 6.07 Å². The van der Waals surface area contributed by atoms with E-state index in [4.69, 9.17) is 0 Å². The van der Waals surface area contributed by atoms with E-state index in [1.165, 1.54) is 38.5 Å². The molecule has 0 bridgehead atoms. The molecule has 0 fully saturated rings. The zero-order chi connectivity index (χ0) is 8.84. The van der Waals surface area contributed by atoms with E-state index >= 15 is 0 Å². The van der Waals surface area contributed by atoms with Gasteiger partial charge in [-0.1, -0.05) is 0 Å². The van der Waals surface area contributed by atoms with Crippen LogP contribution in [0.3, 0.4) is 0 Å². The second-order valence-electron chi connectivity index (χ2n) is 4.35. The molecule has 1 heteroatoms. The summed E-state index contributed by atoms with van der Waals surface area (Å²) in [5.74, 6) is 0. The molecule has 13 heavy (non-hydrogen) atoms. The minimum Gasteiger partial charge on any atom is -0.0477 e. The Morgan fingerprint density at radius 3 is 2.00 bits per heavy atom. The maximum absolute atomic E-state index is 2.53. The SMILES string of the molecule is C[p+]1c2c(cc3c1CCC3)CCC2. The van der Waals surface area contributed by atoms with E-state index in [2.05, 4.69) is 12.7 Å². The zero-order valence-corrected chi connectivity index (χ0v) is 9.16. The number of fused-ring (bicyclic) bond motifs is 2. The Balaban J connectivity index is 2.26. The normalized spacial score (nSPS) is 18.8. The minimum atomic E-state index is 0.156. The summed E-state index contributed by atoms with van der Waals surface area (Å²) < 4.78 is 0. The topological polar surface area (TPSA) is 0 Å². The van der Waals surface area contributed by atoms with Gasteiger partial charge in [0.2, 0.25) is 0 Å². The predicted octanol–water partition coefficient (Wildman–Crippen LogP) is 3.47. The summed E-state index contributed by atoms with van der Waals surface area (Å²) in [6.07, 6.45) is 8.41. The van der Waals surface area contributed by atoms with E-state index in [0.29, 0.717) is 0 Å². The van der Waals surface area contributed by atoms with Crippen molar-refractivity contribution in [2.24, 2.45) is 6.66 Å². The Kier molecular flexibility index (Phi) is 1.73. The molecule has 0 aromatic carbocycles. The summed E-state index contributed by atoms with van der Waals surface area (Å²) in [6.45, 7) is 2.49. The maximum Gasteiger partial charge on any atom is 0.128 e. The monoisotopic (exact) mass is 191 g/mol. The van der Waals surface area contributed by atoms with Gasteiger partial charge >= 0.3 is 0 Å². The van der Waals surface area contributed by atoms with Gasteiger partial charge in [0.25, 0.3) is 0 Å². The molecule has 0 nitrogen and oxygen atoms in total. The van der Waals surface area contributed by atoms with Gasteiger partial charge in [0.05, 0.1) is 0 Å². The van der Waals surface area contributed by atoms with E-state index in [-0.39, 0.29) is 7.53 Å². The third-order valence-electron chi connectivity index (χ3n) is 3.62. The summed E-state index contributed by atoms with van der Waals surface area (Å²) in [5.41, 5.74) is 3.46. The van der Waals surface area contributed by atoms with Crippen LogP contribution in [0.2, 0.25) is 0 Å². The lowest BCUT2D eigenvalue weighted by molar-refractivity contribution is 0.904. The standard InChI is InChI=1S/C12H16P/c1-13-11-6-2-4-9(11)8-10-5-3-7-12(10)13/h8H,2-7H2,1H3/q+1. The van der Waals surface area contributed by atoms with Crippen molar-refractivity contribution in [3.8, 4) is 0 Å². The van der Waals surface area contributed by atoms with Crippen molar-refractivity contribution in [1.29, 1.82) is 0 Å². The number of hydrogen-bond donors (Lipinski definition) is 0. The first-order valence-electron chi connectivity index (χ1n) is 5.39. The molecule has 0 saturated heterocycles. The van der Waals surface area contributed by atoms with Gasteiger partial charge in [0.1, 0.15) is 24.8 Å². The number of aryl methyl sites for hydroxylation is 2. The Morgan fingerprint density at radius 1 is 0.923 bits per heavy atom. The van der Waals surface area contributed by atoms with Crippen LogP contribution in [0.25, 0.3) is 0 Å². The number of rotatable bonds is 0. The van der Waals surface area contributed by atoms with Gasteiger partial charge in [-0.05, 0) is 42.9 Å². The zero-order valence-electron chi connectivity index (χ0n) is 8.27. The first-order chi connectivity index (χ1) is 6.36. The van der Waals surface area contributed by atoms with Gasteiger partial charge in [-0.3, -0.25) is 0 Å². The van der Waals surface area contributed by atoms with Crippen molar-refractivity contribution < 1.29 is 0 Å². The molecule has 0 N–H and O–H groups in total. The second-order valence-corrected chi connectivity index (χ2v) is 6.55. The highest BCUT2D eigenvalue weighted by Crippen LogP contribution is 2.46. The molecule has 2 aliphatic carbocycles. The molecule has 1 heterocycles.